The number of likely N-dealkylation sites (N-methyl/N-ethyl adjacent to an activating group) is 1. The number of nitrogens with one attached hydrogen (secondary N) is 1. The van der Waals surface area contributed by atoms with Crippen LogP contribution in [0.15, 0.2) is 17.8 Å². The Bertz CT molecular complexity index is 503. The molecule has 0 fully saturated rings. The summed E-state index contributed by atoms with van der Waals surface area (Å²) < 4.78 is 1.98. The SMILES string of the molecule is CCNC(Cc1cnn(CC)c1)Cc1csc(C)n1. The van der Waals surface area contributed by atoms with Gasteiger partial charge in [-0.15, -0.1) is 11.3 Å². The highest BCUT2D eigenvalue weighted by Crippen LogP contribution is 2.12. The second-order valence-electron chi connectivity index (χ2n) is 4.72. The topological polar surface area (TPSA) is 42.7 Å². The van der Waals surface area contributed by atoms with Crippen molar-refractivity contribution in [2.45, 2.75) is 46.2 Å². The maximum Gasteiger partial charge on any atom is 0.0897 e. The highest BCUT2D eigenvalue weighted by molar-refractivity contribution is 7.09. The van der Waals surface area contributed by atoms with Crippen LogP contribution < -0.4 is 5.32 Å². The average Bonchev–Trinajstić information content (AvgIpc) is 2.99. The van der Waals surface area contributed by atoms with Crippen LogP contribution in [-0.2, 0) is 19.4 Å². The highest BCUT2D eigenvalue weighted by Gasteiger charge is 2.12. The molecule has 104 valence electrons. The Labute approximate surface area is 118 Å². The van der Waals surface area contributed by atoms with Crippen LogP contribution in [0.2, 0.25) is 0 Å². The number of rotatable bonds is 7. The Morgan fingerprint density at radius 2 is 2.21 bits per heavy atom. The zero-order valence-electron chi connectivity index (χ0n) is 11.9. The van der Waals surface area contributed by atoms with E-state index >= 15 is 0 Å². The van der Waals surface area contributed by atoms with Crippen molar-refractivity contribution in [2.24, 2.45) is 0 Å². The van der Waals surface area contributed by atoms with Gasteiger partial charge < -0.3 is 5.32 Å². The second kappa shape index (κ2) is 6.82. The minimum atomic E-state index is 0.431. The first kappa shape index (κ1) is 14.2. The van der Waals surface area contributed by atoms with Crippen LogP contribution in [-0.4, -0.2) is 27.4 Å². The van der Waals surface area contributed by atoms with Crippen molar-refractivity contribution in [2.75, 3.05) is 6.54 Å². The average molecular weight is 278 g/mol. The van der Waals surface area contributed by atoms with Crippen LogP contribution >= 0.6 is 11.3 Å². The molecule has 1 N–H and O–H groups in total. The molecule has 1 atom stereocenters. The number of hydrogen-bond acceptors (Lipinski definition) is 4. The molecule has 0 spiro atoms. The zero-order chi connectivity index (χ0) is 13.7. The summed E-state index contributed by atoms with van der Waals surface area (Å²) in [5, 5.41) is 11.2. The van der Waals surface area contributed by atoms with Crippen LogP contribution in [0, 0.1) is 6.92 Å². The molecule has 0 bridgehead atoms. The van der Waals surface area contributed by atoms with E-state index in [-0.39, 0.29) is 0 Å². The molecule has 0 radical (unpaired) electrons. The summed E-state index contributed by atoms with van der Waals surface area (Å²) in [4.78, 5) is 4.55. The number of aryl methyl sites for hydroxylation is 2. The molecule has 0 aliphatic heterocycles. The quantitative estimate of drug-likeness (QED) is 0.846. The van der Waals surface area contributed by atoms with E-state index in [1.165, 1.54) is 11.3 Å². The van der Waals surface area contributed by atoms with Gasteiger partial charge in [0.2, 0.25) is 0 Å². The van der Waals surface area contributed by atoms with E-state index in [0.717, 1.165) is 30.9 Å². The number of thiazole rings is 1. The summed E-state index contributed by atoms with van der Waals surface area (Å²) in [6.45, 7) is 8.22. The van der Waals surface area contributed by atoms with Crippen LogP contribution in [0.1, 0.15) is 30.1 Å². The first-order valence-electron chi connectivity index (χ1n) is 6.87. The van der Waals surface area contributed by atoms with E-state index < -0.39 is 0 Å². The van der Waals surface area contributed by atoms with Gasteiger partial charge in [0.25, 0.3) is 0 Å². The Hall–Kier alpha value is -1.20. The van der Waals surface area contributed by atoms with Crippen molar-refractivity contribution in [1.82, 2.24) is 20.1 Å². The first-order valence-corrected chi connectivity index (χ1v) is 7.75. The van der Waals surface area contributed by atoms with Crippen LogP contribution in [0.3, 0.4) is 0 Å². The van der Waals surface area contributed by atoms with Gasteiger partial charge in [-0.05, 0) is 32.4 Å². The monoisotopic (exact) mass is 278 g/mol. The van der Waals surface area contributed by atoms with Gasteiger partial charge in [-0.3, -0.25) is 4.68 Å². The van der Waals surface area contributed by atoms with E-state index in [0.29, 0.717) is 6.04 Å². The minimum absolute atomic E-state index is 0.431. The zero-order valence-corrected chi connectivity index (χ0v) is 12.7. The molecule has 2 aromatic heterocycles. The second-order valence-corrected chi connectivity index (χ2v) is 5.79. The lowest BCUT2D eigenvalue weighted by molar-refractivity contribution is 0.517. The van der Waals surface area contributed by atoms with Crippen molar-refractivity contribution in [3.8, 4) is 0 Å². The van der Waals surface area contributed by atoms with Gasteiger partial charge in [-0.25, -0.2) is 4.98 Å². The largest absolute Gasteiger partial charge is 0.314 e. The summed E-state index contributed by atoms with van der Waals surface area (Å²) in [6, 6.07) is 0.431. The molecule has 2 rings (SSSR count). The number of hydrogen-bond donors (Lipinski definition) is 1. The molecule has 0 saturated heterocycles. The summed E-state index contributed by atoms with van der Waals surface area (Å²) in [6.07, 6.45) is 6.09. The van der Waals surface area contributed by atoms with Crippen molar-refractivity contribution in [3.05, 3.63) is 34.0 Å². The summed E-state index contributed by atoms with van der Waals surface area (Å²) in [5.74, 6) is 0. The molecule has 2 aromatic rings. The van der Waals surface area contributed by atoms with E-state index in [1.807, 2.05) is 10.9 Å². The Morgan fingerprint density at radius 1 is 1.37 bits per heavy atom. The molecule has 5 heteroatoms. The number of aromatic nitrogens is 3. The first-order chi connectivity index (χ1) is 9.21. The van der Waals surface area contributed by atoms with Gasteiger partial charge in [-0.2, -0.15) is 5.10 Å². The third-order valence-corrected chi connectivity index (χ3v) is 3.93. The molecule has 4 nitrogen and oxygen atoms in total. The predicted octanol–water partition coefficient (Wildman–Crippen LogP) is 2.43. The Morgan fingerprint density at radius 3 is 2.79 bits per heavy atom. The van der Waals surface area contributed by atoms with Gasteiger partial charge in [0, 0.05) is 30.6 Å². The van der Waals surface area contributed by atoms with E-state index in [4.69, 9.17) is 0 Å². The lowest BCUT2D eigenvalue weighted by Gasteiger charge is -2.15. The standard InChI is InChI=1S/C14H22N4S/c1-4-15-13(7-14-10-19-11(3)17-14)6-12-8-16-18(5-2)9-12/h8-10,13,15H,4-7H2,1-3H3. The van der Waals surface area contributed by atoms with Crippen LogP contribution in [0.25, 0.3) is 0 Å². The maximum absolute atomic E-state index is 4.55. The smallest absolute Gasteiger partial charge is 0.0897 e. The summed E-state index contributed by atoms with van der Waals surface area (Å²) in [5.41, 5.74) is 2.48. The number of nitrogens with zero attached hydrogens (tertiary/aromatic N) is 3. The molecule has 0 aliphatic carbocycles. The third-order valence-electron chi connectivity index (χ3n) is 3.11. The third kappa shape index (κ3) is 4.14. The fourth-order valence-electron chi connectivity index (χ4n) is 2.23. The Balaban J connectivity index is 1.99. The Kier molecular flexibility index (Phi) is 5.10. The van der Waals surface area contributed by atoms with Crippen molar-refractivity contribution in [3.63, 3.8) is 0 Å². The molecule has 0 aromatic carbocycles. The van der Waals surface area contributed by atoms with E-state index in [9.17, 15) is 0 Å². The van der Waals surface area contributed by atoms with Gasteiger partial charge in [0.15, 0.2) is 0 Å². The maximum atomic E-state index is 4.55. The van der Waals surface area contributed by atoms with Gasteiger partial charge in [0.1, 0.15) is 0 Å². The molecule has 0 aliphatic rings. The lowest BCUT2D eigenvalue weighted by Crippen LogP contribution is -2.33. The fourth-order valence-corrected chi connectivity index (χ4v) is 2.85. The minimum Gasteiger partial charge on any atom is -0.314 e. The molecule has 0 saturated carbocycles. The molecule has 1 unspecified atom stereocenters. The van der Waals surface area contributed by atoms with Gasteiger partial charge in [-0.1, -0.05) is 6.92 Å². The normalized spacial score (nSPS) is 12.8. The summed E-state index contributed by atoms with van der Waals surface area (Å²) in [7, 11) is 0. The molecular weight excluding hydrogens is 256 g/mol. The molecular formula is C14H22N4S. The fraction of sp³-hybridized carbons (Fsp3) is 0.571. The van der Waals surface area contributed by atoms with Crippen molar-refractivity contribution < 1.29 is 0 Å². The lowest BCUT2D eigenvalue weighted by atomic mass is 10.0. The molecule has 2 heterocycles. The molecule has 19 heavy (non-hydrogen) atoms. The van der Waals surface area contributed by atoms with Crippen molar-refractivity contribution >= 4 is 11.3 Å². The molecule has 0 amide bonds. The van der Waals surface area contributed by atoms with Crippen LogP contribution in [0.5, 0.6) is 0 Å². The summed E-state index contributed by atoms with van der Waals surface area (Å²) >= 11 is 1.72. The van der Waals surface area contributed by atoms with Gasteiger partial charge >= 0.3 is 0 Å². The van der Waals surface area contributed by atoms with E-state index in [2.05, 4.69) is 47.7 Å². The predicted molar refractivity (Wildman–Crippen MR) is 79.6 cm³/mol. The van der Waals surface area contributed by atoms with Crippen molar-refractivity contribution in [1.29, 1.82) is 0 Å². The van der Waals surface area contributed by atoms with Gasteiger partial charge in [0.05, 0.1) is 16.9 Å². The van der Waals surface area contributed by atoms with E-state index in [1.54, 1.807) is 11.3 Å². The highest BCUT2D eigenvalue weighted by atomic mass is 32.1. The van der Waals surface area contributed by atoms with Crippen LogP contribution in [0.4, 0.5) is 0 Å².